The lowest BCUT2D eigenvalue weighted by molar-refractivity contribution is 0.0210. The Balaban J connectivity index is 1.76. The van der Waals surface area contributed by atoms with Gasteiger partial charge in [-0.3, -0.25) is 4.98 Å². The van der Waals surface area contributed by atoms with E-state index in [0.717, 1.165) is 12.8 Å². The van der Waals surface area contributed by atoms with Gasteiger partial charge in [-0.2, -0.15) is 0 Å². The van der Waals surface area contributed by atoms with Crippen molar-refractivity contribution < 1.29 is 13.9 Å². The minimum absolute atomic E-state index is 0.0806. The molecular weight excluding hydrogens is 451 g/mol. The molecule has 9 heteroatoms. The third-order valence-electron chi connectivity index (χ3n) is 4.52. The number of nitrogens with two attached hydrogens (primary N) is 1. The van der Waals surface area contributed by atoms with Crippen LogP contribution in [0.2, 0.25) is 5.02 Å². The van der Waals surface area contributed by atoms with Crippen LogP contribution in [0.1, 0.15) is 33.6 Å². The molecule has 0 saturated carbocycles. The summed E-state index contributed by atoms with van der Waals surface area (Å²) >= 11 is 9.26. The van der Waals surface area contributed by atoms with Gasteiger partial charge >= 0.3 is 6.09 Å². The summed E-state index contributed by atoms with van der Waals surface area (Å²) in [6.07, 6.45) is 2.56. The van der Waals surface area contributed by atoms with Crippen LogP contribution < -0.4 is 11.1 Å². The Hall–Kier alpha value is -1.80. The van der Waals surface area contributed by atoms with Gasteiger partial charge in [0.2, 0.25) is 0 Å². The van der Waals surface area contributed by atoms with Crippen LogP contribution in [0.4, 0.5) is 20.6 Å². The Morgan fingerprint density at radius 1 is 1.43 bits per heavy atom. The molecule has 28 heavy (non-hydrogen) atoms. The van der Waals surface area contributed by atoms with E-state index in [1.165, 1.54) is 6.20 Å². The van der Waals surface area contributed by atoms with E-state index < -0.39 is 11.4 Å². The number of hydrogen-bond acceptors (Lipinski definition) is 5. The number of nitrogen functional groups attached to an aromatic ring is 1. The number of carbonyl (C=O) groups excluding carboxylic acids is 1. The van der Waals surface area contributed by atoms with E-state index in [1.807, 2.05) is 20.8 Å². The fourth-order valence-electron chi connectivity index (χ4n) is 3.15. The highest BCUT2D eigenvalue weighted by molar-refractivity contribution is 9.10. The monoisotopic (exact) mass is 472 g/mol. The number of aromatic nitrogens is 1. The minimum Gasteiger partial charge on any atom is -0.444 e. The highest BCUT2D eigenvalue weighted by atomic mass is 79.9. The number of likely N-dealkylation sites (tertiary alicyclic amines) is 1. The summed E-state index contributed by atoms with van der Waals surface area (Å²) in [5.74, 6) is -0.523. The highest BCUT2D eigenvalue weighted by Crippen LogP contribution is 2.37. The van der Waals surface area contributed by atoms with Crippen LogP contribution in [0.5, 0.6) is 0 Å². The average molecular weight is 474 g/mol. The summed E-state index contributed by atoms with van der Waals surface area (Å²) in [5.41, 5.74) is 6.80. The highest BCUT2D eigenvalue weighted by Gasteiger charge is 2.27. The van der Waals surface area contributed by atoms with Crippen molar-refractivity contribution in [2.24, 2.45) is 0 Å². The Morgan fingerprint density at radius 3 is 2.68 bits per heavy atom. The van der Waals surface area contributed by atoms with Gasteiger partial charge in [-0.1, -0.05) is 11.6 Å². The second kappa shape index (κ2) is 7.91. The topological polar surface area (TPSA) is 80.5 Å². The first-order chi connectivity index (χ1) is 13.1. The number of nitrogens with one attached hydrogen (secondary N) is 1. The second-order valence-electron chi connectivity index (χ2n) is 7.86. The zero-order valence-electron chi connectivity index (χ0n) is 16.0. The van der Waals surface area contributed by atoms with E-state index in [0.29, 0.717) is 29.9 Å². The molecule has 1 aromatic carbocycles. The van der Waals surface area contributed by atoms with E-state index in [-0.39, 0.29) is 27.1 Å². The molecule has 0 radical (unpaired) electrons. The molecular formula is C19H23BrClFN4O2. The van der Waals surface area contributed by atoms with Crippen LogP contribution in [-0.2, 0) is 4.74 Å². The van der Waals surface area contributed by atoms with E-state index in [1.54, 1.807) is 11.0 Å². The molecule has 2 heterocycles. The number of piperidine rings is 1. The van der Waals surface area contributed by atoms with Gasteiger partial charge in [0.1, 0.15) is 11.1 Å². The molecule has 1 aromatic heterocycles. The number of rotatable bonds is 2. The van der Waals surface area contributed by atoms with Gasteiger partial charge in [0.05, 0.1) is 27.1 Å². The number of fused-ring (bicyclic) bond motifs is 1. The van der Waals surface area contributed by atoms with E-state index >= 15 is 0 Å². The zero-order chi connectivity index (χ0) is 20.6. The summed E-state index contributed by atoms with van der Waals surface area (Å²) in [5, 5.41) is 4.17. The molecule has 0 spiro atoms. The smallest absolute Gasteiger partial charge is 0.410 e. The van der Waals surface area contributed by atoms with Crippen LogP contribution in [0.3, 0.4) is 0 Å². The third kappa shape index (κ3) is 4.43. The number of nitrogens with zero attached hydrogens (tertiary/aromatic N) is 2. The standard InChI is InChI=1S/C19H23BrClFN4O2/c1-19(2,3)28-18(27)26-6-4-10(5-7-26)25-16-11-8-12(21)14(20)15(22)17(11)24-9-13(16)23/h8-10H,4-7,23H2,1-3H3,(H,24,25). The Morgan fingerprint density at radius 2 is 2.07 bits per heavy atom. The van der Waals surface area contributed by atoms with Gasteiger partial charge in [-0.15, -0.1) is 0 Å². The lowest BCUT2D eigenvalue weighted by atomic mass is 10.0. The van der Waals surface area contributed by atoms with Crippen LogP contribution in [-0.4, -0.2) is 40.7 Å². The number of anilines is 2. The Bertz CT molecular complexity index is 911. The van der Waals surface area contributed by atoms with E-state index in [4.69, 9.17) is 22.1 Å². The van der Waals surface area contributed by atoms with Gasteiger partial charge in [-0.05, 0) is 55.6 Å². The van der Waals surface area contributed by atoms with Crippen molar-refractivity contribution in [3.05, 3.63) is 27.6 Å². The van der Waals surface area contributed by atoms with Gasteiger partial charge < -0.3 is 20.7 Å². The molecule has 3 N–H and O–H groups in total. The molecule has 0 unspecified atom stereocenters. The molecule has 1 fully saturated rings. The molecule has 1 saturated heterocycles. The van der Waals surface area contributed by atoms with Crippen molar-refractivity contribution in [2.75, 3.05) is 24.1 Å². The van der Waals surface area contributed by atoms with Crippen molar-refractivity contribution in [1.82, 2.24) is 9.88 Å². The van der Waals surface area contributed by atoms with Crippen LogP contribution in [0, 0.1) is 5.82 Å². The second-order valence-corrected chi connectivity index (χ2v) is 9.06. The molecule has 1 amide bonds. The van der Waals surface area contributed by atoms with Crippen molar-refractivity contribution in [1.29, 1.82) is 0 Å². The van der Waals surface area contributed by atoms with Crippen LogP contribution in [0.15, 0.2) is 16.7 Å². The summed E-state index contributed by atoms with van der Waals surface area (Å²) in [4.78, 5) is 18.0. The van der Waals surface area contributed by atoms with Crippen molar-refractivity contribution in [3.63, 3.8) is 0 Å². The normalized spacial score (nSPS) is 15.7. The van der Waals surface area contributed by atoms with Crippen LogP contribution in [0.25, 0.3) is 10.9 Å². The maximum atomic E-state index is 14.5. The molecule has 1 aliphatic heterocycles. The maximum absolute atomic E-state index is 14.5. The summed E-state index contributed by atoms with van der Waals surface area (Å²) < 4.78 is 20.1. The van der Waals surface area contributed by atoms with Gasteiger partial charge in [0.15, 0.2) is 5.82 Å². The maximum Gasteiger partial charge on any atom is 0.410 e. The first-order valence-electron chi connectivity index (χ1n) is 9.03. The SMILES string of the molecule is CC(C)(C)OC(=O)N1CCC(Nc2c(N)cnc3c(F)c(Br)c(Cl)cc23)CC1. The summed E-state index contributed by atoms with van der Waals surface area (Å²) in [6.45, 7) is 6.67. The lowest BCUT2D eigenvalue weighted by Gasteiger charge is -2.34. The predicted molar refractivity (Wildman–Crippen MR) is 113 cm³/mol. The molecule has 1 aliphatic rings. The summed E-state index contributed by atoms with van der Waals surface area (Å²) in [7, 11) is 0. The van der Waals surface area contributed by atoms with Crippen molar-refractivity contribution in [2.45, 2.75) is 45.3 Å². The predicted octanol–water partition coefficient (Wildman–Crippen LogP) is 5.18. The number of pyridine rings is 1. The first-order valence-corrected chi connectivity index (χ1v) is 10.2. The molecule has 152 valence electrons. The van der Waals surface area contributed by atoms with Gasteiger partial charge in [-0.25, -0.2) is 9.18 Å². The molecule has 2 aromatic rings. The number of carbonyl (C=O) groups is 1. The van der Waals surface area contributed by atoms with E-state index in [2.05, 4.69) is 26.2 Å². The van der Waals surface area contributed by atoms with Crippen molar-refractivity contribution >= 4 is 55.9 Å². The minimum atomic E-state index is -0.523. The molecule has 3 rings (SSSR count). The molecule has 0 aliphatic carbocycles. The molecule has 0 atom stereocenters. The van der Waals surface area contributed by atoms with Crippen molar-refractivity contribution in [3.8, 4) is 0 Å². The number of hydrogen-bond donors (Lipinski definition) is 2. The molecule has 0 bridgehead atoms. The summed E-state index contributed by atoms with van der Waals surface area (Å²) in [6, 6.07) is 1.73. The number of amides is 1. The average Bonchev–Trinajstić information content (AvgIpc) is 2.61. The number of halogens is 3. The number of benzene rings is 1. The lowest BCUT2D eigenvalue weighted by Crippen LogP contribution is -2.44. The fourth-order valence-corrected chi connectivity index (χ4v) is 3.65. The number of ether oxygens (including phenoxy) is 1. The van der Waals surface area contributed by atoms with Gasteiger partial charge in [0.25, 0.3) is 0 Å². The zero-order valence-corrected chi connectivity index (χ0v) is 18.3. The Kier molecular flexibility index (Phi) is 5.91. The molecule has 6 nitrogen and oxygen atoms in total. The Labute approximate surface area is 176 Å². The fraction of sp³-hybridized carbons (Fsp3) is 0.474. The largest absolute Gasteiger partial charge is 0.444 e. The van der Waals surface area contributed by atoms with Gasteiger partial charge in [0, 0.05) is 24.5 Å². The quantitative estimate of drug-likeness (QED) is 0.587. The van der Waals surface area contributed by atoms with E-state index in [9.17, 15) is 9.18 Å². The van der Waals surface area contributed by atoms with Crippen LogP contribution >= 0.6 is 27.5 Å². The third-order valence-corrected chi connectivity index (χ3v) is 5.82. The first kappa shape index (κ1) is 20.9.